The van der Waals surface area contributed by atoms with Gasteiger partial charge in [-0.25, -0.2) is 14.2 Å². The lowest BCUT2D eigenvalue weighted by Crippen LogP contribution is -3.00. The third-order valence-corrected chi connectivity index (χ3v) is 9.89. The standard InChI is InChI=1S/C34H37N9O8S2.BrH/c1-7-50-39-23(26-37-32(53-40-26)38-33(47)51-34(2,3)4)28(44)36-24-29(45)43-25(31(46)49-16-19-10-12-21(48-6)13-11-19)20(17-52-30(24)43)15-42-14-8-9-22-27(42)35-18-41(22)5;/h8-14,18,24,30H,7,15-17H2,1-6H3,(H-,36,37,38,40,44,47);1H/b39-23-;. The molecule has 2 atom stereocenters. The lowest BCUT2D eigenvalue weighted by Gasteiger charge is -2.49. The van der Waals surface area contributed by atoms with E-state index in [9.17, 15) is 19.2 Å². The first-order valence-electron chi connectivity index (χ1n) is 16.5. The van der Waals surface area contributed by atoms with E-state index < -0.39 is 40.9 Å². The number of carbonyl (C=O) groups is 4. The molecule has 5 heterocycles. The summed E-state index contributed by atoms with van der Waals surface area (Å²) >= 11 is 2.21. The molecule has 4 aromatic rings. The number of β-lactam (4-membered cyclic amide) rings is 1. The number of imidazole rings is 1. The van der Waals surface area contributed by atoms with Crippen molar-refractivity contribution in [2.45, 2.75) is 57.9 Å². The molecule has 0 spiro atoms. The molecule has 20 heteroatoms. The van der Waals surface area contributed by atoms with Crippen LogP contribution in [-0.2, 0) is 48.9 Å². The Hall–Kier alpha value is -5.08. The van der Waals surface area contributed by atoms with E-state index in [0.29, 0.717) is 22.7 Å². The van der Waals surface area contributed by atoms with Crippen molar-refractivity contribution in [3.05, 3.63) is 71.6 Å². The highest BCUT2D eigenvalue weighted by atomic mass is 79.9. The van der Waals surface area contributed by atoms with Gasteiger partial charge in [0.1, 0.15) is 53.7 Å². The molecule has 3 amide bonds. The zero-order valence-electron chi connectivity index (χ0n) is 30.2. The summed E-state index contributed by atoms with van der Waals surface area (Å²) in [5, 5.41) is 8.54. The molecule has 0 aliphatic carbocycles. The normalized spacial score (nSPS) is 16.9. The lowest BCUT2D eigenvalue weighted by atomic mass is 10.0. The lowest BCUT2D eigenvalue weighted by molar-refractivity contribution is -0.664. The summed E-state index contributed by atoms with van der Waals surface area (Å²) in [7, 11) is 3.46. The number of hydrogen-bond donors (Lipinski definition) is 2. The molecule has 1 saturated heterocycles. The molecule has 17 nitrogen and oxygen atoms in total. The van der Waals surface area contributed by atoms with Crippen LogP contribution in [0.3, 0.4) is 0 Å². The van der Waals surface area contributed by atoms with Crippen LogP contribution in [0.5, 0.6) is 5.75 Å². The van der Waals surface area contributed by atoms with Gasteiger partial charge in [0, 0.05) is 29.9 Å². The Labute approximate surface area is 329 Å². The number of hydrogen-bond acceptors (Lipinski definition) is 14. The van der Waals surface area contributed by atoms with Gasteiger partial charge in [0.25, 0.3) is 11.8 Å². The van der Waals surface area contributed by atoms with E-state index in [-0.39, 0.29) is 59.1 Å². The Morgan fingerprint density at radius 1 is 1.15 bits per heavy atom. The van der Waals surface area contributed by atoms with E-state index in [1.54, 1.807) is 65.4 Å². The van der Waals surface area contributed by atoms with Crippen LogP contribution in [-0.4, -0.2) is 89.9 Å². The highest BCUT2D eigenvalue weighted by Gasteiger charge is 2.55. The molecule has 1 aromatic carbocycles. The van der Waals surface area contributed by atoms with Gasteiger partial charge >= 0.3 is 17.7 Å². The van der Waals surface area contributed by atoms with Gasteiger partial charge in [-0.2, -0.15) is 9.36 Å². The van der Waals surface area contributed by atoms with Crippen LogP contribution in [0.1, 0.15) is 39.1 Å². The number of anilines is 1. The average Bonchev–Trinajstić information content (AvgIpc) is 3.75. The van der Waals surface area contributed by atoms with Crippen LogP contribution in [0, 0.1) is 0 Å². The summed E-state index contributed by atoms with van der Waals surface area (Å²) in [5.41, 5.74) is 2.06. The number of rotatable bonds is 12. The number of esters is 1. The van der Waals surface area contributed by atoms with Crippen molar-refractivity contribution in [2.75, 3.05) is 24.8 Å². The number of fused-ring (bicyclic) bond motifs is 2. The number of methoxy groups -OCH3 is 1. The van der Waals surface area contributed by atoms with Crippen molar-refractivity contribution < 1.29 is 59.8 Å². The Bertz CT molecular complexity index is 2110. The van der Waals surface area contributed by atoms with Crippen LogP contribution in [0.25, 0.3) is 11.2 Å². The summed E-state index contributed by atoms with van der Waals surface area (Å²) in [6.45, 7) is 7.20. The molecule has 286 valence electrons. The molecule has 0 bridgehead atoms. The number of pyridine rings is 1. The third kappa shape index (κ3) is 8.82. The molecule has 6 rings (SSSR count). The van der Waals surface area contributed by atoms with E-state index in [1.165, 1.54) is 16.7 Å². The summed E-state index contributed by atoms with van der Waals surface area (Å²) in [6.07, 6.45) is 2.82. The number of aromatic nitrogens is 5. The van der Waals surface area contributed by atoms with Gasteiger partial charge in [-0.15, -0.1) is 11.8 Å². The molecule has 2 aliphatic heterocycles. The minimum Gasteiger partial charge on any atom is -1.00 e. The fourth-order valence-corrected chi connectivity index (χ4v) is 7.39. The quantitative estimate of drug-likeness (QED) is 0.0635. The van der Waals surface area contributed by atoms with E-state index in [0.717, 1.165) is 22.6 Å². The van der Waals surface area contributed by atoms with Gasteiger partial charge in [-0.1, -0.05) is 17.3 Å². The first-order chi connectivity index (χ1) is 25.4. The molecule has 0 radical (unpaired) electrons. The van der Waals surface area contributed by atoms with E-state index in [1.807, 2.05) is 34.5 Å². The minimum absolute atomic E-state index is 0. The highest BCUT2D eigenvalue weighted by molar-refractivity contribution is 8.00. The fraction of sp³-hybridized carbons (Fsp3) is 0.382. The van der Waals surface area contributed by atoms with Crippen LogP contribution >= 0.6 is 23.3 Å². The first kappa shape index (κ1) is 40.1. The smallest absolute Gasteiger partial charge is 0.414 e. The summed E-state index contributed by atoms with van der Waals surface area (Å²) < 4.78 is 24.2. The number of nitrogens with one attached hydrogen (secondary N) is 2. The van der Waals surface area contributed by atoms with Crippen LogP contribution in [0.4, 0.5) is 9.93 Å². The van der Waals surface area contributed by atoms with Gasteiger partial charge in [0.05, 0.1) is 13.3 Å². The molecule has 3 aromatic heterocycles. The van der Waals surface area contributed by atoms with E-state index in [4.69, 9.17) is 19.0 Å². The summed E-state index contributed by atoms with van der Waals surface area (Å²) in [5.74, 6) is -1.08. The number of amides is 3. The Morgan fingerprint density at radius 3 is 2.61 bits per heavy atom. The SMILES string of the molecule is CCO/N=C(\C(=O)NC1C(=O)N2C(C(=O)OCc3ccc(OC)cc3)=C(C[n+]3cccc4c3ncn4C)CSC12)c1nsc(NC(=O)OC(C)(C)C)n1.[Br-]. The van der Waals surface area contributed by atoms with Crippen molar-refractivity contribution in [1.29, 1.82) is 0 Å². The van der Waals surface area contributed by atoms with Gasteiger partial charge < -0.3 is 45.9 Å². The molecular formula is C34H38BrN9O8S2. The average molecular weight is 845 g/mol. The number of benzene rings is 1. The van der Waals surface area contributed by atoms with Crippen LogP contribution < -0.4 is 36.9 Å². The summed E-state index contributed by atoms with van der Waals surface area (Å²) in [6, 6.07) is 9.91. The molecule has 1 fully saturated rings. The molecule has 54 heavy (non-hydrogen) atoms. The second-order valence-electron chi connectivity index (χ2n) is 12.8. The maximum absolute atomic E-state index is 13.9. The second-order valence-corrected chi connectivity index (χ2v) is 14.7. The third-order valence-electron chi connectivity index (χ3n) is 7.92. The van der Waals surface area contributed by atoms with E-state index >= 15 is 0 Å². The maximum Gasteiger partial charge on any atom is 0.414 e. The van der Waals surface area contributed by atoms with Crippen molar-refractivity contribution in [2.24, 2.45) is 12.2 Å². The number of nitrogens with zero attached hydrogens (tertiary/aromatic N) is 7. The van der Waals surface area contributed by atoms with Gasteiger partial charge in [0.15, 0.2) is 0 Å². The van der Waals surface area contributed by atoms with Crippen LogP contribution in [0.15, 0.2) is 65.3 Å². The number of carbonyl (C=O) groups excluding carboxylic acids is 4. The number of oxime groups is 1. The zero-order chi connectivity index (χ0) is 37.9. The molecule has 2 N–H and O–H groups in total. The van der Waals surface area contributed by atoms with Gasteiger partial charge in [-0.3, -0.25) is 19.8 Å². The Balaban J connectivity index is 0.00000561. The topological polar surface area (TPSA) is 192 Å². The maximum atomic E-state index is 13.9. The van der Waals surface area contributed by atoms with Crippen molar-refractivity contribution in [3.63, 3.8) is 0 Å². The number of thioether (sulfide) groups is 1. The predicted molar refractivity (Wildman–Crippen MR) is 194 cm³/mol. The Kier molecular flexibility index (Phi) is 12.6. The minimum atomic E-state index is -1.02. The fourth-order valence-electron chi connectivity index (χ4n) is 5.50. The van der Waals surface area contributed by atoms with E-state index in [2.05, 4.69) is 30.1 Å². The number of ether oxygens (including phenoxy) is 3. The van der Waals surface area contributed by atoms with Crippen molar-refractivity contribution >= 4 is 69.2 Å². The van der Waals surface area contributed by atoms with Gasteiger partial charge in [-0.05, 0) is 62.5 Å². The monoisotopic (exact) mass is 843 g/mol. The van der Waals surface area contributed by atoms with Gasteiger partial charge in [0.2, 0.25) is 23.0 Å². The molecule has 2 unspecified atom stereocenters. The summed E-state index contributed by atoms with van der Waals surface area (Å²) in [4.78, 5) is 68.9. The predicted octanol–water partition coefficient (Wildman–Crippen LogP) is -0.0899. The number of aryl methyl sites for hydroxylation is 1. The van der Waals surface area contributed by atoms with Crippen LogP contribution in [0.2, 0.25) is 0 Å². The van der Waals surface area contributed by atoms with Crippen molar-refractivity contribution in [1.82, 2.24) is 29.1 Å². The zero-order valence-corrected chi connectivity index (χ0v) is 33.4. The molecule has 2 aliphatic rings. The molecular weight excluding hydrogens is 806 g/mol. The largest absolute Gasteiger partial charge is 1.00 e. The number of halogens is 1. The van der Waals surface area contributed by atoms with Crippen molar-refractivity contribution in [3.8, 4) is 5.75 Å². The second kappa shape index (κ2) is 16.9. The first-order valence-corrected chi connectivity index (χ1v) is 18.3. The highest BCUT2D eigenvalue weighted by Crippen LogP contribution is 2.41. The Morgan fingerprint density at radius 2 is 1.91 bits per heavy atom. The molecule has 0 saturated carbocycles.